The van der Waals surface area contributed by atoms with Crippen molar-refractivity contribution in [3.8, 4) is 5.75 Å². The Morgan fingerprint density at radius 2 is 1.64 bits per heavy atom. The first-order chi connectivity index (χ1) is 10.6. The fourth-order valence-corrected chi connectivity index (χ4v) is 2.59. The highest BCUT2D eigenvalue weighted by molar-refractivity contribution is 5.89. The SMILES string of the molecule is COC(=O)c1ccc(OC(C)C(=O)N2CCCCCC2)cc1. The summed E-state index contributed by atoms with van der Waals surface area (Å²) in [7, 11) is 1.34. The fourth-order valence-electron chi connectivity index (χ4n) is 2.59. The first-order valence-corrected chi connectivity index (χ1v) is 7.75. The molecule has 120 valence electrons. The van der Waals surface area contributed by atoms with Crippen LogP contribution in [-0.2, 0) is 9.53 Å². The minimum Gasteiger partial charge on any atom is -0.481 e. The van der Waals surface area contributed by atoms with Gasteiger partial charge >= 0.3 is 5.97 Å². The number of methoxy groups -OCH3 is 1. The van der Waals surface area contributed by atoms with E-state index < -0.39 is 6.10 Å². The second-order valence-corrected chi connectivity index (χ2v) is 5.52. The van der Waals surface area contributed by atoms with Crippen molar-refractivity contribution < 1.29 is 19.1 Å². The van der Waals surface area contributed by atoms with Gasteiger partial charge in [-0.25, -0.2) is 4.79 Å². The van der Waals surface area contributed by atoms with Gasteiger partial charge in [-0.1, -0.05) is 12.8 Å². The van der Waals surface area contributed by atoms with E-state index in [4.69, 9.17) is 4.74 Å². The van der Waals surface area contributed by atoms with Crippen LogP contribution in [0.3, 0.4) is 0 Å². The summed E-state index contributed by atoms with van der Waals surface area (Å²) < 4.78 is 10.3. The number of rotatable bonds is 4. The third-order valence-corrected chi connectivity index (χ3v) is 3.85. The van der Waals surface area contributed by atoms with E-state index in [0.29, 0.717) is 11.3 Å². The molecule has 1 unspecified atom stereocenters. The van der Waals surface area contributed by atoms with Crippen molar-refractivity contribution in [2.75, 3.05) is 20.2 Å². The van der Waals surface area contributed by atoms with E-state index in [1.807, 2.05) is 4.90 Å². The standard InChI is InChI=1S/C17H23NO4/c1-13(16(19)18-11-5-3-4-6-12-18)22-15-9-7-14(8-10-15)17(20)21-2/h7-10,13H,3-6,11-12H2,1-2H3. The maximum absolute atomic E-state index is 12.4. The van der Waals surface area contributed by atoms with E-state index in [0.717, 1.165) is 25.9 Å². The van der Waals surface area contributed by atoms with Crippen LogP contribution in [0.1, 0.15) is 43.0 Å². The number of nitrogens with zero attached hydrogens (tertiary/aromatic N) is 1. The van der Waals surface area contributed by atoms with E-state index in [2.05, 4.69) is 4.74 Å². The van der Waals surface area contributed by atoms with E-state index in [1.165, 1.54) is 20.0 Å². The van der Waals surface area contributed by atoms with Gasteiger partial charge < -0.3 is 14.4 Å². The smallest absolute Gasteiger partial charge is 0.337 e. The van der Waals surface area contributed by atoms with E-state index in [9.17, 15) is 9.59 Å². The fraction of sp³-hybridized carbons (Fsp3) is 0.529. The van der Waals surface area contributed by atoms with Crippen LogP contribution in [0.25, 0.3) is 0 Å². The van der Waals surface area contributed by atoms with Crippen LogP contribution in [0.15, 0.2) is 24.3 Å². The monoisotopic (exact) mass is 305 g/mol. The Balaban J connectivity index is 1.94. The van der Waals surface area contributed by atoms with Crippen LogP contribution < -0.4 is 4.74 Å². The molecule has 0 aliphatic carbocycles. The molecule has 0 aromatic heterocycles. The molecule has 2 rings (SSSR count). The minimum atomic E-state index is -0.526. The van der Waals surface area contributed by atoms with Gasteiger partial charge in [0.1, 0.15) is 5.75 Å². The largest absolute Gasteiger partial charge is 0.481 e. The first kappa shape index (κ1) is 16.3. The minimum absolute atomic E-state index is 0.0268. The van der Waals surface area contributed by atoms with Crippen molar-refractivity contribution in [1.82, 2.24) is 4.90 Å². The molecule has 0 radical (unpaired) electrons. The Labute approximate surface area is 131 Å². The molecule has 1 atom stereocenters. The number of carbonyl (C=O) groups is 2. The van der Waals surface area contributed by atoms with E-state index in [1.54, 1.807) is 31.2 Å². The number of hydrogen-bond donors (Lipinski definition) is 0. The Morgan fingerprint density at radius 3 is 2.18 bits per heavy atom. The zero-order valence-corrected chi connectivity index (χ0v) is 13.2. The van der Waals surface area contributed by atoms with Gasteiger partial charge in [-0.05, 0) is 44.0 Å². The Kier molecular flexibility index (Phi) is 5.81. The summed E-state index contributed by atoms with van der Waals surface area (Å²) in [6.07, 6.45) is 3.97. The van der Waals surface area contributed by atoms with Gasteiger partial charge in [-0.3, -0.25) is 4.79 Å². The van der Waals surface area contributed by atoms with Crippen molar-refractivity contribution in [3.63, 3.8) is 0 Å². The zero-order chi connectivity index (χ0) is 15.9. The van der Waals surface area contributed by atoms with Crippen LogP contribution in [-0.4, -0.2) is 43.1 Å². The normalized spacial score (nSPS) is 16.5. The molecule has 5 nitrogen and oxygen atoms in total. The molecule has 1 fully saturated rings. The third-order valence-electron chi connectivity index (χ3n) is 3.85. The summed E-state index contributed by atoms with van der Waals surface area (Å²) in [4.78, 5) is 25.7. The van der Waals surface area contributed by atoms with Gasteiger partial charge in [-0.15, -0.1) is 0 Å². The average molecular weight is 305 g/mol. The molecule has 1 heterocycles. The molecule has 0 bridgehead atoms. The molecule has 0 N–H and O–H groups in total. The summed E-state index contributed by atoms with van der Waals surface area (Å²) >= 11 is 0. The van der Waals surface area contributed by atoms with Gasteiger partial charge in [0.2, 0.25) is 0 Å². The number of esters is 1. The molecular weight excluding hydrogens is 282 g/mol. The number of amides is 1. The van der Waals surface area contributed by atoms with Crippen molar-refractivity contribution in [3.05, 3.63) is 29.8 Å². The summed E-state index contributed by atoms with van der Waals surface area (Å²) in [5.41, 5.74) is 0.460. The zero-order valence-electron chi connectivity index (χ0n) is 13.2. The summed E-state index contributed by atoms with van der Waals surface area (Å²) in [5.74, 6) is 0.211. The van der Waals surface area contributed by atoms with Gasteiger partial charge in [-0.2, -0.15) is 0 Å². The lowest BCUT2D eigenvalue weighted by Gasteiger charge is -2.24. The van der Waals surface area contributed by atoms with E-state index >= 15 is 0 Å². The number of carbonyl (C=O) groups excluding carboxylic acids is 2. The molecule has 5 heteroatoms. The molecule has 1 aromatic rings. The average Bonchev–Trinajstić information content (AvgIpc) is 2.83. The van der Waals surface area contributed by atoms with Crippen LogP contribution in [0.4, 0.5) is 0 Å². The highest BCUT2D eigenvalue weighted by atomic mass is 16.5. The summed E-state index contributed by atoms with van der Waals surface area (Å²) in [6, 6.07) is 6.62. The lowest BCUT2D eigenvalue weighted by atomic mass is 10.2. The molecular formula is C17H23NO4. The molecule has 0 spiro atoms. The highest BCUT2D eigenvalue weighted by Crippen LogP contribution is 2.17. The molecule has 1 amide bonds. The second-order valence-electron chi connectivity index (χ2n) is 5.52. The van der Waals surface area contributed by atoms with Crippen molar-refractivity contribution >= 4 is 11.9 Å². The maximum Gasteiger partial charge on any atom is 0.337 e. The van der Waals surface area contributed by atoms with Crippen molar-refractivity contribution in [2.45, 2.75) is 38.7 Å². The highest BCUT2D eigenvalue weighted by Gasteiger charge is 2.22. The van der Waals surface area contributed by atoms with Crippen LogP contribution in [0, 0.1) is 0 Å². The molecule has 1 aromatic carbocycles. The number of likely N-dealkylation sites (tertiary alicyclic amines) is 1. The van der Waals surface area contributed by atoms with Gasteiger partial charge in [0.25, 0.3) is 5.91 Å². The van der Waals surface area contributed by atoms with Gasteiger partial charge in [0.15, 0.2) is 6.10 Å². The summed E-state index contributed by atoms with van der Waals surface area (Å²) in [6.45, 7) is 3.39. The van der Waals surface area contributed by atoms with Crippen molar-refractivity contribution in [2.24, 2.45) is 0 Å². The quantitative estimate of drug-likeness (QED) is 0.803. The van der Waals surface area contributed by atoms with E-state index in [-0.39, 0.29) is 11.9 Å². The Hall–Kier alpha value is -2.04. The molecule has 0 saturated carbocycles. The number of hydrogen-bond acceptors (Lipinski definition) is 4. The lowest BCUT2D eigenvalue weighted by molar-refractivity contribution is -0.137. The maximum atomic E-state index is 12.4. The third kappa shape index (κ3) is 4.23. The Bertz CT molecular complexity index is 504. The molecule has 1 aliphatic rings. The predicted molar refractivity (Wildman–Crippen MR) is 82.9 cm³/mol. The number of ether oxygens (including phenoxy) is 2. The lowest BCUT2D eigenvalue weighted by Crippen LogP contribution is -2.40. The molecule has 1 aliphatic heterocycles. The first-order valence-electron chi connectivity index (χ1n) is 7.75. The molecule has 22 heavy (non-hydrogen) atoms. The second kappa shape index (κ2) is 7.82. The Morgan fingerprint density at radius 1 is 1.05 bits per heavy atom. The van der Waals surface area contributed by atoms with Crippen molar-refractivity contribution in [1.29, 1.82) is 0 Å². The predicted octanol–water partition coefficient (Wildman–Crippen LogP) is 2.64. The number of benzene rings is 1. The molecule has 1 saturated heterocycles. The topological polar surface area (TPSA) is 55.8 Å². The van der Waals surface area contributed by atoms with Gasteiger partial charge in [0, 0.05) is 13.1 Å². The van der Waals surface area contributed by atoms with Crippen LogP contribution >= 0.6 is 0 Å². The van der Waals surface area contributed by atoms with Crippen LogP contribution in [0.5, 0.6) is 5.75 Å². The van der Waals surface area contributed by atoms with Gasteiger partial charge in [0.05, 0.1) is 12.7 Å². The van der Waals surface area contributed by atoms with Crippen LogP contribution in [0.2, 0.25) is 0 Å². The summed E-state index contributed by atoms with van der Waals surface area (Å²) in [5, 5.41) is 0.